The van der Waals surface area contributed by atoms with Gasteiger partial charge in [0.1, 0.15) is 11.2 Å². The van der Waals surface area contributed by atoms with Crippen LogP contribution in [0.15, 0.2) is 57.4 Å². The number of nitrogens with two attached hydrogens (primary N) is 1. The molecule has 0 aliphatic carbocycles. The fourth-order valence-corrected chi connectivity index (χ4v) is 2.78. The topological polar surface area (TPSA) is 64.9 Å². The molecular formula is C16H10BrN3O. The number of hydrogen-bond acceptors (Lipinski definition) is 4. The summed E-state index contributed by atoms with van der Waals surface area (Å²) in [5.41, 5.74) is 9.41. The molecule has 2 heterocycles. The van der Waals surface area contributed by atoms with Crippen LogP contribution in [0.5, 0.6) is 0 Å². The summed E-state index contributed by atoms with van der Waals surface area (Å²) in [7, 11) is 0. The van der Waals surface area contributed by atoms with Gasteiger partial charge in [0.25, 0.3) is 0 Å². The van der Waals surface area contributed by atoms with Crippen LogP contribution in [0.3, 0.4) is 0 Å². The Hall–Kier alpha value is -2.40. The fraction of sp³-hybridized carbons (Fsp3) is 0. The third kappa shape index (κ3) is 2.06. The van der Waals surface area contributed by atoms with Crippen LogP contribution >= 0.6 is 15.9 Å². The maximum Gasteiger partial charge on any atom is 0.246 e. The normalized spacial score (nSPS) is 11.3. The highest BCUT2D eigenvalue weighted by Crippen LogP contribution is 2.30. The Bertz CT molecular complexity index is 978. The predicted molar refractivity (Wildman–Crippen MR) is 86.9 cm³/mol. The minimum Gasteiger partial charge on any atom is -0.432 e. The maximum atomic E-state index is 5.95. The van der Waals surface area contributed by atoms with Crippen molar-refractivity contribution in [3.63, 3.8) is 0 Å². The van der Waals surface area contributed by atoms with E-state index < -0.39 is 0 Å². The van der Waals surface area contributed by atoms with E-state index in [1.807, 2.05) is 42.5 Å². The average Bonchev–Trinajstić information content (AvgIpc) is 2.91. The van der Waals surface area contributed by atoms with Crippen molar-refractivity contribution in [1.82, 2.24) is 9.97 Å². The Balaban J connectivity index is 1.93. The molecule has 0 spiro atoms. The van der Waals surface area contributed by atoms with E-state index in [2.05, 4.69) is 25.9 Å². The molecule has 2 N–H and O–H groups in total. The Labute approximate surface area is 128 Å². The van der Waals surface area contributed by atoms with Crippen LogP contribution < -0.4 is 5.73 Å². The minimum atomic E-state index is 0.473. The van der Waals surface area contributed by atoms with E-state index in [0.29, 0.717) is 28.4 Å². The molecule has 2 aromatic heterocycles. The van der Waals surface area contributed by atoms with Gasteiger partial charge < -0.3 is 10.2 Å². The zero-order valence-corrected chi connectivity index (χ0v) is 12.5. The molecule has 0 saturated heterocycles. The molecule has 0 saturated carbocycles. The van der Waals surface area contributed by atoms with Crippen LogP contribution in [0.4, 0.5) is 5.69 Å². The van der Waals surface area contributed by atoms with Crippen LogP contribution in [0, 0.1) is 0 Å². The average molecular weight is 340 g/mol. The number of halogens is 1. The number of benzene rings is 2. The summed E-state index contributed by atoms with van der Waals surface area (Å²) in [6.45, 7) is 0. The highest BCUT2D eigenvalue weighted by molar-refractivity contribution is 9.10. The van der Waals surface area contributed by atoms with Crippen molar-refractivity contribution in [3.8, 4) is 11.6 Å². The zero-order valence-electron chi connectivity index (χ0n) is 10.9. The third-order valence-electron chi connectivity index (χ3n) is 3.30. The molecule has 0 atom stereocenters. The highest BCUT2D eigenvalue weighted by Gasteiger charge is 2.12. The smallest absolute Gasteiger partial charge is 0.246 e. The summed E-state index contributed by atoms with van der Waals surface area (Å²) in [6.07, 6.45) is 0. The lowest BCUT2D eigenvalue weighted by Gasteiger charge is -1.98. The molecule has 21 heavy (non-hydrogen) atoms. The van der Waals surface area contributed by atoms with E-state index in [9.17, 15) is 0 Å². The van der Waals surface area contributed by atoms with Gasteiger partial charge in [0.05, 0.1) is 11.2 Å². The lowest BCUT2D eigenvalue weighted by molar-refractivity contribution is 0.618. The summed E-state index contributed by atoms with van der Waals surface area (Å²) < 4.78 is 6.64. The first kappa shape index (κ1) is 12.3. The molecule has 0 unspecified atom stereocenters. The van der Waals surface area contributed by atoms with Crippen LogP contribution in [-0.4, -0.2) is 9.97 Å². The van der Waals surface area contributed by atoms with Crippen molar-refractivity contribution < 1.29 is 4.42 Å². The number of nitrogen functional groups attached to an aromatic ring is 1. The first-order chi connectivity index (χ1) is 10.2. The van der Waals surface area contributed by atoms with Gasteiger partial charge in [-0.2, -0.15) is 0 Å². The van der Waals surface area contributed by atoms with Gasteiger partial charge in [0, 0.05) is 9.86 Å². The number of pyridine rings is 1. The van der Waals surface area contributed by atoms with Crippen LogP contribution in [0.1, 0.15) is 0 Å². The maximum absolute atomic E-state index is 5.95. The number of fused-ring (bicyclic) bond motifs is 2. The van der Waals surface area contributed by atoms with Gasteiger partial charge in [-0.3, -0.25) is 0 Å². The molecular weight excluding hydrogens is 330 g/mol. The van der Waals surface area contributed by atoms with Gasteiger partial charge in [-0.05, 0) is 24.3 Å². The van der Waals surface area contributed by atoms with E-state index in [1.54, 1.807) is 6.07 Å². The monoisotopic (exact) mass is 339 g/mol. The highest BCUT2D eigenvalue weighted by atomic mass is 79.9. The van der Waals surface area contributed by atoms with Crippen molar-refractivity contribution in [3.05, 3.63) is 53.0 Å². The molecule has 0 radical (unpaired) electrons. The standard InChI is InChI=1S/C16H10BrN3O/c17-10-7-11(18)15-14(8-10)20-16(21-15)13-6-5-9-3-1-2-4-12(9)19-13/h1-8H,18H2. The summed E-state index contributed by atoms with van der Waals surface area (Å²) >= 11 is 3.40. The molecule has 4 aromatic rings. The second kappa shape index (κ2) is 4.56. The Kier molecular flexibility index (Phi) is 2.68. The Morgan fingerprint density at radius 2 is 1.81 bits per heavy atom. The van der Waals surface area contributed by atoms with Crippen molar-refractivity contribution in [2.75, 3.05) is 5.73 Å². The van der Waals surface area contributed by atoms with Gasteiger partial charge in [0.15, 0.2) is 5.58 Å². The number of aromatic nitrogens is 2. The molecule has 5 heteroatoms. The van der Waals surface area contributed by atoms with Gasteiger partial charge in [-0.25, -0.2) is 9.97 Å². The Morgan fingerprint density at radius 1 is 0.952 bits per heavy atom. The number of nitrogens with zero attached hydrogens (tertiary/aromatic N) is 2. The van der Waals surface area contributed by atoms with E-state index >= 15 is 0 Å². The SMILES string of the molecule is Nc1cc(Br)cc2nc(-c3ccc4ccccc4n3)oc12. The minimum absolute atomic E-state index is 0.473. The fourth-order valence-electron chi connectivity index (χ4n) is 2.32. The molecule has 102 valence electrons. The van der Waals surface area contributed by atoms with Gasteiger partial charge in [-0.1, -0.05) is 40.2 Å². The Morgan fingerprint density at radius 3 is 2.71 bits per heavy atom. The number of anilines is 1. The molecule has 0 aliphatic heterocycles. The molecule has 4 nitrogen and oxygen atoms in total. The van der Waals surface area contributed by atoms with Crippen LogP contribution in [0.2, 0.25) is 0 Å². The van der Waals surface area contributed by atoms with Crippen LogP contribution in [-0.2, 0) is 0 Å². The lowest BCUT2D eigenvalue weighted by Crippen LogP contribution is -1.84. The summed E-state index contributed by atoms with van der Waals surface area (Å²) in [4.78, 5) is 9.06. The van der Waals surface area contributed by atoms with Crippen molar-refractivity contribution in [2.24, 2.45) is 0 Å². The third-order valence-corrected chi connectivity index (χ3v) is 3.76. The molecule has 0 aliphatic rings. The molecule has 0 bridgehead atoms. The van der Waals surface area contributed by atoms with E-state index in [0.717, 1.165) is 15.4 Å². The molecule has 4 rings (SSSR count). The quantitative estimate of drug-likeness (QED) is 0.522. The molecule has 0 fully saturated rings. The lowest BCUT2D eigenvalue weighted by atomic mass is 10.2. The van der Waals surface area contributed by atoms with Gasteiger partial charge in [-0.15, -0.1) is 0 Å². The second-order valence-corrected chi connectivity index (χ2v) is 5.67. The largest absolute Gasteiger partial charge is 0.432 e. The first-order valence-corrected chi connectivity index (χ1v) is 7.22. The summed E-state index contributed by atoms with van der Waals surface area (Å²) in [5, 5.41) is 1.08. The molecule has 0 amide bonds. The van der Waals surface area contributed by atoms with Crippen molar-refractivity contribution in [2.45, 2.75) is 0 Å². The van der Waals surface area contributed by atoms with Crippen molar-refractivity contribution >= 4 is 43.6 Å². The second-order valence-electron chi connectivity index (χ2n) is 4.75. The van der Waals surface area contributed by atoms with Gasteiger partial charge >= 0.3 is 0 Å². The summed E-state index contributed by atoms with van der Waals surface area (Å²) in [6, 6.07) is 15.5. The van der Waals surface area contributed by atoms with E-state index in [4.69, 9.17) is 10.2 Å². The zero-order chi connectivity index (χ0) is 14.4. The number of oxazole rings is 1. The first-order valence-electron chi connectivity index (χ1n) is 6.42. The van der Waals surface area contributed by atoms with Crippen LogP contribution in [0.25, 0.3) is 33.6 Å². The number of hydrogen-bond donors (Lipinski definition) is 1. The van der Waals surface area contributed by atoms with Gasteiger partial charge in [0.2, 0.25) is 5.89 Å². The van der Waals surface area contributed by atoms with E-state index in [1.165, 1.54) is 0 Å². The predicted octanol–water partition coefficient (Wildman–Crippen LogP) is 4.39. The van der Waals surface area contributed by atoms with Crippen molar-refractivity contribution in [1.29, 1.82) is 0 Å². The summed E-state index contributed by atoms with van der Waals surface area (Å²) in [5.74, 6) is 0.473. The number of rotatable bonds is 1. The molecule has 2 aromatic carbocycles. The van der Waals surface area contributed by atoms with E-state index in [-0.39, 0.29) is 0 Å². The number of para-hydroxylation sites is 1.